The summed E-state index contributed by atoms with van der Waals surface area (Å²) in [5.74, 6) is 0. The Morgan fingerprint density at radius 1 is 1.54 bits per heavy atom. The third kappa shape index (κ3) is 3.91. The van der Waals surface area contributed by atoms with Crippen LogP contribution in [0.3, 0.4) is 0 Å². The van der Waals surface area contributed by atoms with E-state index in [9.17, 15) is 0 Å². The van der Waals surface area contributed by atoms with Crippen molar-refractivity contribution in [3.05, 3.63) is 35.3 Å². The predicted octanol–water partition coefficient (Wildman–Crippen LogP) is 2.96. The van der Waals surface area contributed by atoms with Crippen molar-refractivity contribution in [2.45, 2.75) is 19.3 Å². The van der Waals surface area contributed by atoms with Gasteiger partial charge in [0, 0.05) is 5.57 Å². The topological polar surface area (TPSA) is 23.8 Å². The molecule has 0 aromatic carbocycles. The van der Waals surface area contributed by atoms with E-state index in [1.54, 1.807) is 0 Å². The molecule has 2 heteroatoms. The van der Waals surface area contributed by atoms with Gasteiger partial charge in [-0.3, -0.25) is 0 Å². The molecule has 0 radical (unpaired) electrons. The Hall–Kier alpha value is -1.07. The van der Waals surface area contributed by atoms with Gasteiger partial charge in [0.2, 0.25) is 0 Å². The van der Waals surface area contributed by atoms with Crippen LogP contribution in [-0.4, -0.2) is 5.37 Å². The van der Waals surface area contributed by atoms with E-state index in [0.29, 0.717) is 5.57 Å². The second-order valence-electron chi connectivity index (χ2n) is 2.89. The maximum atomic E-state index is 8.49. The molecule has 1 aliphatic heterocycles. The van der Waals surface area contributed by atoms with Crippen LogP contribution < -0.4 is 0 Å². The van der Waals surface area contributed by atoms with Crippen molar-refractivity contribution in [1.82, 2.24) is 0 Å². The fourth-order valence-electron chi connectivity index (χ4n) is 1.08. The van der Waals surface area contributed by atoms with Crippen LogP contribution in [-0.2, 0) is 0 Å². The fraction of sp³-hybridized carbons (Fsp3) is 0.273. The van der Waals surface area contributed by atoms with E-state index in [2.05, 4.69) is 36.2 Å². The van der Waals surface area contributed by atoms with Gasteiger partial charge >= 0.3 is 0 Å². The van der Waals surface area contributed by atoms with Crippen LogP contribution in [0.15, 0.2) is 35.3 Å². The minimum absolute atomic E-state index is 0.688. The summed E-state index contributed by atoms with van der Waals surface area (Å²) in [6, 6.07) is 2.06. The average molecular weight is 191 g/mol. The van der Waals surface area contributed by atoms with Gasteiger partial charge in [-0.05, 0) is 29.5 Å². The molecular weight excluding hydrogens is 178 g/mol. The molecule has 1 aliphatic rings. The van der Waals surface area contributed by atoms with E-state index in [0.717, 1.165) is 19.3 Å². The smallest absolute Gasteiger partial charge is 0.0940 e. The van der Waals surface area contributed by atoms with Crippen molar-refractivity contribution in [3.63, 3.8) is 0 Å². The van der Waals surface area contributed by atoms with Crippen molar-refractivity contribution in [2.75, 3.05) is 0 Å². The summed E-state index contributed by atoms with van der Waals surface area (Å²) in [6.45, 7) is 3.65. The average Bonchev–Trinajstić information content (AvgIpc) is 2.19. The second kappa shape index (κ2) is 5.55. The van der Waals surface area contributed by atoms with Crippen LogP contribution in [0.5, 0.6) is 0 Å². The maximum absolute atomic E-state index is 8.49. The molecule has 0 N–H and O–H groups in total. The molecule has 0 saturated heterocycles. The number of nitriles is 1. The summed E-state index contributed by atoms with van der Waals surface area (Å²) in [4.78, 5) is 1.42. The highest BCUT2D eigenvalue weighted by molar-refractivity contribution is 8.01. The zero-order valence-corrected chi connectivity index (χ0v) is 8.43. The molecule has 0 aromatic heterocycles. The summed E-state index contributed by atoms with van der Waals surface area (Å²) < 4.78 is 0. The van der Waals surface area contributed by atoms with Crippen LogP contribution in [0.1, 0.15) is 19.3 Å². The van der Waals surface area contributed by atoms with Crippen molar-refractivity contribution >= 4 is 16.7 Å². The zero-order chi connectivity index (χ0) is 9.52. The molecule has 1 nitrogen and oxygen atoms in total. The Morgan fingerprint density at radius 2 is 2.38 bits per heavy atom. The number of allylic oxidation sites excluding steroid dienone is 5. The summed E-state index contributed by atoms with van der Waals surface area (Å²) in [5.41, 5.74) is 0.688. The molecule has 0 aliphatic carbocycles. The highest BCUT2D eigenvalue weighted by Crippen LogP contribution is 2.18. The van der Waals surface area contributed by atoms with E-state index in [-0.39, 0.29) is 0 Å². The molecular formula is C11H13NS. The van der Waals surface area contributed by atoms with E-state index < -0.39 is 0 Å². The monoisotopic (exact) mass is 191 g/mol. The third-order valence-corrected chi connectivity index (χ3v) is 2.82. The van der Waals surface area contributed by atoms with Gasteiger partial charge in [0.15, 0.2) is 0 Å². The van der Waals surface area contributed by atoms with Gasteiger partial charge in [-0.15, -0.1) is 0 Å². The first-order chi connectivity index (χ1) is 6.33. The Morgan fingerprint density at radius 3 is 3.00 bits per heavy atom. The Balaban J connectivity index is 2.25. The van der Waals surface area contributed by atoms with Crippen LogP contribution in [0.25, 0.3) is 0 Å². The van der Waals surface area contributed by atoms with E-state index >= 15 is 0 Å². The van der Waals surface area contributed by atoms with Gasteiger partial charge in [-0.2, -0.15) is 16.6 Å². The van der Waals surface area contributed by atoms with Crippen LogP contribution in [0.4, 0.5) is 0 Å². The molecule has 0 fully saturated rings. The largest absolute Gasteiger partial charge is 0.193 e. The predicted molar refractivity (Wildman–Crippen MR) is 60.9 cm³/mol. The number of hydrogen-bond donors (Lipinski definition) is 1. The van der Waals surface area contributed by atoms with Gasteiger partial charge in [-0.25, -0.2) is 0 Å². The second-order valence-corrected chi connectivity index (χ2v) is 4.02. The first kappa shape index (κ1) is 10.0. The lowest BCUT2D eigenvalue weighted by atomic mass is 10.1. The first-order valence-corrected chi connectivity index (χ1v) is 5.27. The summed E-state index contributed by atoms with van der Waals surface area (Å²) in [5, 5.41) is 10.6. The highest BCUT2D eigenvalue weighted by atomic mass is 32.1. The molecule has 1 heterocycles. The number of rotatable bonds is 4. The van der Waals surface area contributed by atoms with Gasteiger partial charge < -0.3 is 0 Å². The van der Waals surface area contributed by atoms with Crippen LogP contribution in [0, 0.1) is 11.3 Å². The van der Waals surface area contributed by atoms with E-state index in [1.807, 2.05) is 0 Å². The quantitative estimate of drug-likeness (QED) is 0.412. The summed E-state index contributed by atoms with van der Waals surface area (Å²) in [6.07, 6.45) is 9.20. The van der Waals surface area contributed by atoms with Crippen LogP contribution in [0.2, 0.25) is 0 Å². The lowest BCUT2D eigenvalue weighted by Gasteiger charge is -2.02. The molecule has 0 saturated carbocycles. The van der Waals surface area contributed by atoms with Crippen LogP contribution >= 0.6 is 11.4 Å². The Labute approximate surface area is 83.0 Å². The van der Waals surface area contributed by atoms with Gasteiger partial charge in [0.1, 0.15) is 0 Å². The lowest BCUT2D eigenvalue weighted by molar-refractivity contribution is 0.844. The number of hydrogen-bond acceptors (Lipinski definition) is 1. The van der Waals surface area contributed by atoms with Crippen molar-refractivity contribution in [2.24, 2.45) is 0 Å². The Bertz CT molecular complexity index is 315. The minimum Gasteiger partial charge on any atom is -0.193 e. The molecule has 0 atom stereocenters. The normalized spacial score (nSPS) is 14.2. The molecule has 68 valence electrons. The Kier molecular flexibility index (Phi) is 4.28. The fourth-order valence-corrected chi connectivity index (χ4v) is 1.92. The van der Waals surface area contributed by atoms with Gasteiger partial charge in [0.25, 0.3) is 0 Å². The molecule has 0 spiro atoms. The highest BCUT2D eigenvalue weighted by Gasteiger charge is 1.96. The number of nitrogens with zero attached hydrogens (tertiary/aromatic N) is 1. The molecule has 13 heavy (non-hydrogen) atoms. The van der Waals surface area contributed by atoms with E-state index in [4.69, 9.17) is 5.26 Å². The molecule has 1 rings (SSSR count). The first-order valence-electron chi connectivity index (χ1n) is 4.30. The number of thiol groups is 1. The minimum atomic E-state index is 0.688. The lowest BCUT2D eigenvalue weighted by Crippen LogP contribution is -1.82. The molecule has 0 unspecified atom stereocenters. The summed E-state index contributed by atoms with van der Waals surface area (Å²) in [7, 11) is 0. The van der Waals surface area contributed by atoms with Crippen molar-refractivity contribution in [3.8, 4) is 6.07 Å². The summed E-state index contributed by atoms with van der Waals surface area (Å²) >= 11 is 1.30. The van der Waals surface area contributed by atoms with Gasteiger partial charge in [-0.1, -0.05) is 24.8 Å². The van der Waals surface area contributed by atoms with Crippen molar-refractivity contribution < 1.29 is 0 Å². The maximum Gasteiger partial charge on any atom is 0.0940 e. The molecule has 0 aromatic rings. The van der Waals surface area contributed by atoms with Crippen molar-refractivity contribution in [1.29, 1.82) is 5.26 Å². The standard InChI is InChI=1S/C11H13NS/c1-10(9-12)5-4-7-11-6-2-3-8-13-11/h2-3,6,8,13H,1,4-5,7H2. The van der Waals surface area contributed by atoms with Gasteiger partial charge in [0.05, 0.1) is 6.07 Å². The van der Waals surface area contributed by atoms with E-state index in [1.165, 1.54) is 16.3 Å². The zero-order valence-electron chi connectivity index (χ0n) is 7.53. The SMILES string of the molecule is C=C(C#N)CCCC1=CC=CC=[SH]1. The molecule has 0 bridgehead atoms. The third-order valence-electron chi connectivity index (χ3n) is 1.80. The molecule has 0 amide bonds.